The van der Waals surface area contributed by atoms with Gasteiger partial charge in [-0.1, -0.05) is 12.1 Å². The Morgan fingerprint density at radius 2 is 2.00 bits per heavy atom. The number of nitrogens with one attached hydrogen (secondary N) is 1. The number of rotatable bonds is 5. The zero-order valence-corrected chi connectivity index (χ0v) is 9.64. The number of aliphatic hydroxyl groups excluding tert-OH is 2. The van der Waals surface area contributed by atoms with E-state index in [2.05, 4.69) is 5.32 Å². The molecule has 0 aromatic heterocycles. The summed E-state index contributed by atoms with van der Waals surface area (Å²) in [5, 5.41) is 32.1. The van der Waals surface area contributed by atoms with Gasteiger partial charge in [0.1, 0.15) is 11.9 Å². The van der Waals surface area contributed by atoms with E-state index >= 15 is 0 Å². The fraction of sp³-hybridized carbons (Fsp3) is 0.500. The molecule has 0 saturated carbocycles. The molecule has 0 amide bonds. The Morgan fingerprint density at radius 3 is 2.56 bits per heavy atom. The number of phenolic OH excluding ortho intramolecular Hbond substituents is 1. The molecule has 0 saturated heterocycles. The van der Waals surface area contributed by atoms with Crippen LogP contribution in [0, 0.1) is 6.92 Å². The summed E-state index contributed by atoms with van der Waals surface area (Å²) in [6, 6.07) is 5.00. The largest absolute Gasteiger partial charge is 0.508 e. The van der Waals surface area contributed by atoms with Crippen molar-refractivity contribution in [1.29, 1.82) is 0 Å². The van der Waals surface area contributed by atoms with E-state index < -0.39 is 12.2 Å². The average molecular weight is 225 g/mol. The molecule has 0 spiro atoms. The predicted molar refractivity (Wildman–Crippen MR) is 62.4 cm³/mol. The van der Waals surface area contributed by atoms with Gasteiger partial charge in [0.25, 0.3) is 0 Å². The molecule has 4 N–H and O–H groups in total. The predicted octanol–water partition coefficient (Wildman–Crippen LogP) is 0.704. The summed E-state index contributed by atoms with van der Waals surface area (Å²) in [6.07, 6.45) is -1.49. The van der Waals surface area contributed by atoms with Crippen LogP contribution in [0.3, 0.4) is 0 Å². The van der Waals surface area contributed by atoms with Crippen LogP contribution >= 0.6 is 0 Å². The van der Waals surface area contributed by atoms with Gasteiger partial charge in [0.2, 0.25) is 0 Å². The van der Waals surface area contributed by atoms with E-state index in [0.29, 0.717) is 18.5 Å². The van der Waals surface area contributed by atoms with E-state index in [0.717, 1.165) is 5.56 Å². The maximum atomic E-state index is 9.85. The fourth-order valence-electron chi connectivity index (χ4n) is 1.56. The molecule has 90 valence electrons. The Labute approximate surface area is 95.6 Å². The minimum atomic E-state index is -1.05. The van der Waals surface area contributed by atoms with Crippen molar-refractivity contribution in [2.45, 2.75) is 25.6 Å². The van der Waals surface area contributed by atoms with Crippen LogP contribution in [0.2, 0.25) is 0 Å². The molecule has 0 aliphatic heterocycles. The van der Waals surface area contributed by atoms with Gasteiger partial charge < -0.3 is 20.6 Å². The average Bonchev–Trinajstić information content (AvgIpc) is 2.25. The lowest BCUT2D eigenvalue weighted by molar-refractivity contribution is 0.0127. The Morgan fingerprint density at radius 1 is 1.31 bits per heavy atom. The third kappa shape index (κ3) is 3.20. The summed E-state index contributed by atoms with van der Waals surface area (Å²) in [7, 11) is 1.78. The van der Waals surface area contributed by atoms with Crippen LogP contribution in [0.15, 0.2) is 18.2 Å². The van der Waals surface area contributed by atoms with Crippen molar-refractivity contribution in [3.63, 3.8) is 0 Å². The van der Waals surface area contributed by atoms with Crippen LogP contribution in [0.1, 0.15) is 23.7 Å². The molecule has 1 rings (SSSR count). The first-order valence-electron chi connectivity index (χ1n) is 5.36. The lowest BCUT2D eigenvalue weighted by atomic mass is 10.00. The highest BCUT2D eigenvalue weighted by molar-refractivity contribution is 5.37. The van der Waals surface area contributed by atoms with Crippen molar-refractivity contribution in [1.82, 2.24) is 5.32 Å². The minimum absolute atomic E-state index is 0.0241. The van der Waals surface area contributed by atoms with E-state index in [-0.39, 0.29) is 5.75 Å². The zero-order valence-electron chi connectivity index (χ0n) is 9.64. The topological polar surface area (TPSA) is 72.7 Å². The molecule has 1 aromatic carbocycles. The summed E-state index contributed by atoms with van der Waals surface area (Å²) in [5.74, 6) is 0.0241. The lowest BCUT2D eigenvalue weighted by Crippen LogP contribution is -2.23. The van der Waals surface area contributed by atoms with Crippen LogP contribution in [0.25, 0.3) is 0 Å². The molecule has 0 bridgehead atoms. The number of aliphatic hydroxyl groups is 2. The van der Waals surface area contributed by atoms with Crippen molar-refractivity contribution in [2.24, 2.45) is 0 Å². The Hall–Kier alpha value is -1.10. The molecule has 2 atom stereocenters. The van der Waals surface area contributed by atoms with Crippen LogP contribution < -0.4 is 5.32 Å². The number of aryl methyl sites for hydroxylation is 1. The van der Waals surface area contributed by atoms with Crippen LogP contribution in [-0.4, -0.2) is 35.0 Å². The monoisotopic (exact) mass is 225 g/mol. The first-order valence-corrected chi connectivity index (χ1v) is 5.36. The maximum Gasteiger partial charge on any atom is 0.121 e. The Kier molecular flexibility index (Phi) is 4.73. The molecular weight excluding hydrogens is 206 g/mol. The van der Waals surface area contributed by atoms with Crippen molar-refractivity contribution in [2.75, 3.05) is 13.6 Å². The summed E-state index contributed by atoms with van der Waals surface area (Å²) >= 11 is 0. The summed E-state index contributed by atoms with van der Waals surface area (Å²) in [4.78, 5) is 0. The SMILES string of the molecule is CNCCC(O)C(O)c1ccc(C)cc1O. The normalized spacial score (nSPS) is 14.8. The van der Waals surface area contributed by atoms with Gasteiger partial charge in [-0.15, -0.1) is 0 Å². The second-order valence-electron chi connectivity index (χ2n) is 3.97. The fourth-order valence-corrected chi connectivity index (χ4v) is 1.56. The molecular formula is C12H19NO3. The first-order chi connectivity index (χ1) is 7.56. The molecule has 0 aliphatic rings. The van der Waals surface area contributed by atoms with E-state index in [9.17, 15) is 15.3 Å². The van der Waals surface area contributed by atoms with E-state index in [1.165, 1.54) is 0 Å². The number of benzene rings is 1. The van der Waals surface area contributed by atoms with Gasteiger partial charge in [-0.25, -0.2) is 0 Å². The van der Waals surface area contributed by atoms with Crippen molar-refractivity contribution in [3.05, 3.63) is 29.3 Å². The molecule has 4 heteroatoms. The van der Waals surface area contributed by atoms with Crippen LogP contribution in [0.4, 0.5) is 0 Å². The summed E-state index contributed by atoms with van der Waals surface area (Å²) in [6.45, 7) is 2.47. The van der Waals surface area contributed by atoms with Crippen molar-refractivity contribution < 1.29 is 15.3 Å². The van der Waals surface area contributed by atoms with Crippen LogP contribution in [0.5, 0.6) is 5.75 Å². The van der Waals surface area contributed by atoms with Gasteiger partial charge >= 0.3 is 0 Å². The van der Waals surface area contributed by atoms with Gasteiger partial charge in [0.05, 0.1) is 6.10 Å². The van der Waals surface area contributed by atoms with Crippen LogP contribution in [-0.2, 0) is 0 Å². The molecule has 0 heterocycles. The molecule has 0 fully saturated rings. The second-order valence-corrected chi connectivity index (χ2v) is 3.97. The Balaban J connectivity index is 2.75. The number of hydrogen-bond acceptors (Lipinski definition) is 4. The molecule has 2 unspecified atom stereocenters. The highest BCUT2D eigenvalue weighted by Gasteiger charge is 2.20. The van der Waals surface area contributed by atoms with E-state index in [1.807, 2.05) is 6.92 Å². The Bertz CT molecular complexity index is 341. The van der Waals surface area contributed by atoms with Gasteiger partial charge in [-0.3, -0.25) is 0 Å². The van der Waals surface area contributed by atoms with E-state index in [1.54, 1.807) is 25.2 Å². The molecule has 4 nitrogen and oxygen atoms in total. The third-order valence-corrected chi connectivity index (χ3v) is 2.56. The first kappa shape index (κ1) is 13.0. The summed E-state index contributed by atoms with van der Waals surface area (Å²) in [5.41, 5.74) is 1.28. The highest BCUT2D eigenvalue weighted by Crippen LogP contribution is 2.28. The molecule has 1 aromatic rings. The molecule has 0 aliphatic carbocycles. The number of aromatic hydroxyl groups is 1. The van der Waals surface area contributed by atoms with Crippen molar-refractivity contribution >= 4 is 0 Å². The molecule has 0 radical (unpaired) electrons. The third-order valence-electron chi connectivity index (χ3n) is 2.56. The minimum Gasteiger partial charge on any atom is -0.508 e. The van der Waals surface area contributed by atoms with Crippen molar-refractivity contribution in [3.8, 4) is 5.75 Å². The number of phenols is 1. The molecule has 16 heavy (non-hydrogen) atoms. The van der Waals surface area contributed by atoms with Gasteiger partial charge in [0.15, 0.2) is 0 Å². The standard InChI is InChI=1S/C12H19NO3/c1-8-3-4-9(11(15)7-8)12(16)10(14)5-6-13-2/h3-4,7,10,12-16H,5-6H2,1-2H3. The smallest absolute Gasteiger partial charge is 0.121 e. The van der Waals surface area contributed by atoms with E-state index in [4.69, 9.17) is 0 Å². The van der Waals surface area contributed by atoms with Gasteiger partial charge in [-0.2, -0.15) is 0 Å². The number of hydrogen-bond donors (Lipinski definition) is 4. The zero-order chi connectivity index (χ0) is 12.1. The lowest BCUT2D eigenvalue weighted by Gasteiger charge is -2.19. The second kappa shape index (κ2) is 5.84. The highest BCUT2D eigenvalue weighted by atomic mass is 16.3. The van der Waals surface area contributed by atoms with Gasteiger partial charge in [0, 0.05) is 5.56 Å². The maximum absolute atomic E-state index is 9.85. The quantitative estimate of drug-likeness (QED) is 0.595. The summed E-state index contributed by atoms with van der Waals surface area (Å²) < 4.78 is 0. The van der Waals surface area contributed by atoms with Gasteiger partial charge in [-0.05, 0) is 38.6 Å².